The molecule has 0 aromatic carbocycles. The van der Waals surface area contributed by atoms with E-state index in [9.17, 15) is 14.4 Å². The van der Waals surface area contributed by atoms with Crippen LogP contribution >= 0.6 is 0 Å². The predicted octanol–water partition coefficient (Wildman–Crippen LogP) is 1.07. The normalized spacial score (nSPS) is 13.0. The van der Waals surface area contributed by atoms with Gasteiger partial charge in [-0.2, -0.15) is 0 Å². The molecular formula is C15H18N2O4. The van der Waals surface area contributed by atoms with Crippen LogP contribution < -0.4 is 11.2 Å². The van der Waals surface area contributed by atoms with E-state index in [4.69, 9.17) is 5.11 Å². The minimum Gasteiger partial charge on any atom is -0.478 e. The zero-order valence-corrected chi connectivity index (χ0v) is 12.5. The van der Waals surface area contributed by atoms with Gasteiger partial charge in [0.15, 0.2) is 0 Å². The van der Waals surface area contributed by atoms with Crippen LogP contribution in [0.15, 0.2) is 45.7 Å². The summed E-state index contributed by atoms with van der Waals surface area (Å²) < 4.78 is 2.39. The zero-order valence-electron chi connectivity index (χ0n) is 12.5. The Balaban J connectivity index is 3.16. The summed E-state index contributed by atoms with van der Waals surface area (Å²) in [6, 6.07) is 0. The first-order chi connectivity index (χ1) is 9.73. The fourth-order valence-corrected chi connectivity index (χ4v) is 1.76. The average Bonchev–Trinajstić information content (AvgIpc) is 2.39. The number of carboxylic acids is 1. The van der Waals surface area contributed by atoms with E-state index in [2.05, 4.69) is 0 Å². The van der Waals surface area contributed by atoms with E-state index in [0.29, 0.717) is 16.7 Å². The Labute approximate surface area is 122 Å². The van der Waals surface area contributed by atoms with Crippen LogP contribution in [0.3, 0.4) is 0 Å². The lowest BCUT2D eigenvalue weighted by atomic mass is 10.1. The van der Waals surface area contributed by atoms with E-state index in [0.717, 1.165) is 10.6 Å². The molecule has 0 saturated heterocycles. The van der Waals surface area contributed by atoms with Crippen molar-refractivity contribution < 1.29 is 9.90 Å². The van der Waals surface area contributed by atoms with Crippen molar-refractivity contribution >= 4 is 11.5 Å². The Kier molecular flexibility index (Phi) is 5.24. The second-order valence-corrected chi connectivity index (χ2v) is 4.74. The molecule has 1 aromatic rings. The van der Waals surface area contributed by atoms with E-state index < -0.39 is 5.97 Å². The molecule has 0 atom stereocenters. The molecule has 0 aliphatic carbocycles. The van der Waals surface area contributed by atoms with Gasteiger partial charge in [0.05, 0.1) is 5.56 Å². The van der Waals surface area contributed by atoms with Gasteiger partial charge in [-0.05, 0) is 25.0 Å². The van der Waals surface area contributed by atoms with Crippen molar-refractivity contribution in [2.24, 2.45) is 14.1 Å². The van der Waals surface area contributed by atoms with E-state index in [1.54, 1.807) is 39.1 Å². The Bertz CT molecular complexity index is 761. The molecule has 0 unspecified atom stereocenters. The number of carbonyl (C=O) groups is 1. The number of allylic oxidation sites excluding steroid dienone is 5. The van der Waals surface area contributed by atoms with Crippen LogP contribution in [0.5, 0.6) is 0 Å². The summed E-state index contributed by atoms with van der Waals surface area (Å²) in [5.41, 5.74) is 0.944. The third-order valence-electron chi connectivity index (χ3n) is 2.93. The maximum absolute atomic E-state index is 12.0. The summed E-state index contributed by atoms with van der Waals surface area (Å²) in [6.45, 7) is 3.42. The Morgan fingerprint density at radius 1 is 1.24 bits per heavy atom. The van der Waals surface area contributed by atoms with E-state index in [-0.39, 0.29) is 11.2 Å². The molecule has 0 aliphatic rings. The van der Waals surface area contributed by atoms with Crippen LogP contribution in [0, 0.1) is 0 Å². The molecule has 6 heteroatoms. The summed E-state index contributed by atoms with van der Waals surface area (Å²) in [5, 5.41) is 8.59. The van der Waals surface area contributed by atoms with E-state index in [1.807, 2.05) is 0 Å². The molecule has 1 N–H and O–H groups in total. The van der Waals surface area contributed by atoms with Gasteiger partial charge in [0.1, 0.15) is 0 Å². The molecule has 21 heavy (non-hydrogen) atoms. The second-order valence-electron chi connectivity index (χ2n) is 4.74. The molecule has 0 saturated carbocycles. The summed E-state index contributed by atoms with van der Waals surface area (Å²) >= 11 is 0. The highest BCUT2D eigenvalue weighted by atomic mass is 16.4. The number of aliphatic carboxylic acids is 1. The number of hydrogen-bond donors (Lipinski definition) is 1. The topological polar surface area (TPSA) is 81.3 Å². The molecule has 0 aliphatic heterocycles. The van der Waals surface area contributed by atoms with Crippen molar-refractivity contribution in [3.8, 4) is 0 Å². The predicted molar refractivity (Wildman–Crippen MR) is 81.1 cm³/mol. The van der Waals surface area contributed by atoms with Crippen LogP contribution in [0.25, 0.3) is 5.57 Å². The van der Waals surface area contributed by atoms with Crippen molar-refractivity contribution in [2.45, 2.75) is 13.8 Å². The van der Waals surface area contributed by atoms with Gasteiger partial charge in [-0.15, -0.1) is 0 Å². The van der Waals surface area contributed by atoms with Crippen LogP contribution in [0.2, 0.25) is 0 Å². The van der Waals surface area contributed by atoms with E-state index in [1.165, 1.54) is 17.8 Å². The molecule has 0 spiro atoms. The SMILES string of the molecule is C/C(=C/C=C/C(C)=C/C(=O)O)c1cn(C)c(=O)n(C)c1=O. The number of hydrogen-bond acceptors (Lipinski definition) is 3. The first kappa shape index (κ1) is 16.4. The molecule has 0 amide bonds. The largest absolute Gasteiger partial charge is 0.478 e. The maximum atomic E-state index is 12.0. The lowest BCUT2D eigenvalue weighted by molar-refractivity contribution is -0.131. The van der Waals surface area contributed by atoms with Crippen molar-refractivity contribution in [3.05, 3.63) is 62.5 Å². The third kappa shape index (κ3) is 4.17. The molecular weight excluding hydrogens is 272 g/mol. The van der Waals surface area contributed by atoms with Gasteiger partial charge < -0.3 is 9.67 Å². The smallest absolute Gasteiger partial charge is 0.330 e. The Morgan fingerprint density at radius 2 is 1.86 bits per heavy atom. The molecule has 1 heterocycles. The van der Waals surface area contributed by atoms with Gasteiger partial charge >= 0.3 is 11.7 Å². The number of aromatic nitrogens is 2. The molecule has 112 valence electrons. The molecule has 6 nitrogen and oxygen atoms in total. The lowest BCUT2D eigenvalue weighted by Gasteiger charge is -2.06. The van der Waals surface area contributed by atoms with E-state index >= 15 is 0 Å². The Morgan fingerprint density at radius 3 is 2.43 bits per heavy atom. The molecule has 0 bridgehead atoms. The summed E-state index contributed by atoms with van der Waals surface area (Å²) in [7, 11) is 3.01. The molecule has 1 aromatic heterocycles. The molecule has 0 fully saturated rings. The van der Waals surface area contributed by atoms with Gasteiger partial charge in [0.2, 0.25) is 0 Å². The van der Waals surface area contributed by atoms with Gasteiger partial charge in [-0.25, -0.2) is 9.59 Å². The lowest BCUT2D eigenvalue weighted by Crippen LogP contribution is -2.38. The van der Waals surface area contributed by atoms with Crippen molar-refractivity contribution in [1.82, 2.24) is 9.13 Å². The standard InChI is InChI=1S/C15H18N2O4/c1-10(8-13(18)19)6-5-7-11(2)12-9-16(3)15(21)17(4)14(12)20/h5-9H,1-4H3,(H,18,19)/b6-5+,10-8+,11-7-. The number of carboxylic acid groups (broad SMARTS) is 1. The van der Waals surface area contributed by atoms with Crippen LogP contribution in [-0.4, -0.2) is 20.2 Å². The van der Waals surface area contributed by atoms with Gasteiger partial charge in [-0.1, -0.05) is 18.2 Å². The first-order valence-electron chi connectivity index (χ1n) is 6.27. The first-order valence-corrected chi connectivity index (χ1v) is 6.27. The van der Waals surface area contributed by atoms with Gasteiger partial charge in [0.25, 0.3) is 5.56 Å². The second kappa shape index (κ2) is 6.69. The quantitative estimate of drug-likeness (QED) is 0.664. The van der Waals surface area contributed by atoms with Crippen molar-refractivity contribution in [3.63, 3.8) is 0 Å². The maximum Gasteiger partial charge on any atom is 0.330 e. The highest BCUT2D eigenvalue weighted by Gasteiger charge is 2.07. The van der Waals surface area contributed by atoms with Crippen LogP contribution in [-0.2, 0) is 18.9 Å². The molecule has 0 radical (unpaired) electrons. The van der Waals surface area contributed by atoms with Crippen LogP contribution in [0.4, 0.5) is 0 Å². The fourth-order valence-electron chi connectivity index (χ4n) is 1.76. The van der Waals surface area contributed by atoms with Crippen LogP contribution in [0.1, 0.15) is 19.4 Å². The highest BCUT2D eigenvalue weighted by Crippen LogP contribution is 2.08. The zero-order chi connectivity index (χ0) is 16.2. The number of nitrogens with zero attached hydrogens (tertiary/aromatic N) is 2. The summed E-state index contributed by atoms with van der Waals surface area (Å²) in [5.74, 6) is -1.01. The number of rotatable bonds is 4. The van der Waals surface area contributed by atoms with Gasteiger partial charge in [0, 0.05) is 26.4 Å². The van der Waals surface area contributed by atoms with Crippen molar-refractivity contribution in [2.75, 3.05) is 0 Å². The summed E-state index contributed by atoms with van der Waals surface area (Å²) in [4.78, 5) is 34.1. The number of aryl methyl sites for hydroxylation is 1. The van der Waals surface area contributed by atoms with Gasteiger partial charge in [-0.3, -0.25) is 9.36 Å². The summed E-state index contributed by atoms with van der Waals surface area (Å²) in [6.07, 6.45) is 7.56. The van der Waals surface area contributed by atoms with Crippen molar-refractivity contribution in [1.29, 1.82) is 0 Å². The molecule has 1 rings (SSSR count). The minimum absolute atomic E-state index is 0.363. The Hall–Kier alpha value is -2.63. The average molecular weight is 290 g/mol. The minimum atomic E-state index is -1.01. The monoisotopic (exact) mass is 290 g/mol. The third-order valence-corrected chi connectivity index (χ3v) is 2.93. The highest BCUT2D eigenvalue weighted by molar-refractivity contribution is 5.81. The fraction of sp³-hybridized carbons (Fsp3) is 0.267.